The van der Waals surface area contributed by atoms with Crippen molar-refractivity contribution in [2.24, 2.45) is 0 Å². The predicted octanol–water partition coefficient (Wildman–Crippen LogP) is 9.52. The number of hydrogen-bond acceptors (Lipinski definition) is 7. The van der Waals surface area contributed by atoms with Crippen molar-refractivity contribution < 1.29 is 14.3 Å². The summed E-state index contributed by atoms with van der Waals surface area (Å²) in [5.41, 5.74) is 4.30. The summed E-state index contributed by atoms with van der Waals surface area (Å²) >= 11 is 0. The molecular formula is C40H48N4O3. The first-order valence-electron chi connectivity index (χ1n) is 17.7. The lowest BCUT2D eigenvalue weighted by atomic mass is 9.77. The predicted molar refractivity (Wildman–Crippen MR) is 190 cm³/mol. The number of nitrogens with zero attached hydrogens (tertiary/aromatic N) is 4. The van der Waals surface area contributed by atoms with E-state index in [-0.39, 0.29) is 5.97 Å². The van der Waals surface area contributed by atoms with Crippen molar-refractivity contribution in [3.63, 3.8) is 0 Å². The molecule has 7 nitrogen and oxygen atoms in total. The minimum atomic E-state index is -1.26. The van der Waals surface area contributed by atoms with Crippen LogP contribution >= 0.6 is 0 Å². The molecule has 0 fully saturated rings. The van der Waals surface area contributed by atoms with Crippen molar-refractivity contribution in [3.8, 4) is 22.9 Å². The minimum absolute atomic E-state index is 0.355. The Balaban J connectivity index is 1.61. The van der Waals surface area contributed by atoms with Gasteiger partial charge in [-0.3, -0.25) is 0 Å². The third kappa shape index (κ3) is 6.20. The highest BCUT2D eigenvalue weighted by molar-refractivity contribution is 5.97. The highest BCUT2D eigenvalue weighted by atomic mass is 16.6. The molecule has 3 aromatic carbocycles. The van der Waals surface area contributed by atoms with Gasteiger partial charge in [0, 0.05) is 54.6 Å². The van der Waals surface area contributed by atoms with Gasteiger partial charge in [-0.25, -0.2) is 9.78 Å². The number of carbonyl (C=O) groups excluding carboxylic acids is 1. The molecule has 246 valence electrons. The van der Waals surface area contributed by atoms with Gasteiger partial charge >= 0.3 is 5.97 Å². The fraction of sp³-hybridized carbons (Fsp3) is 0.425. The fourth-order valence-electron chi connectivity index (χ4n) is 6.77. The number of rotatable bonds is 15. The Kier molecular flexibility index (Phi) is 10.1. The highest BCUT2D eigenvalue weighted by Crippen LogP contribution is 2.58. The van der Waals surface area contributed by atoms with Crippen LogP contribution in [0, 0.1) is 0 Å². The highest BCUT2D eigenvalue weighted by Gasteiger charge is 2.56. The SMILES string of the molecule is CCCCN(CCCC)c1ccc2c(c1)Oc1nc(N(CCCC)CCCC)nc(-c3ccccc3)c1C21OC(=O)c2ccccc21. The van der Waals surface area contributed by atoms with E-state index < -0.39 is 5.60 Å². The van der Waals surface area contributed by atoms with Crippen LogP contribution in [-0.2, 0) is 10.3 Å². The normalized spacial score (nSPS) is 15.9. The zero-order valence-corrected chi connectivity index (χ0v) is 28.4. The van der Waals surface area contributed by atoms with Crippen LogP contribution in [0.4, 0.5) is 11.6 Å². The number of anilines is 2. The molecule has 1 atom stereocenters. The third-order valence-electron chi connectivity index (χ3n) is 9.36. The summed E-state index contributed by atoms with van der Waals surface area (Å²) in [6.45, 7) is 12.5. The van der Waals surface area contributed by atoms with Gasteiger partial charge < -0.3 is 19.3 Å². The van der Waals surface area contributed by atoms with E-state index in [1.165, 1.54) is 0 Å². The summed E-state index contributed by atoms with van der Waals surface area (Å²) in [7, 11) is 0. The molecule has 0 bridgehead atoms. The summed E-state index contributed by atoms with van der Waals surface area (Å²) in [5, 5.41) is 0. The lowest BCUT2D eigenvalue weighted by molar-refractivity contribution is 0.0222. The van der Waals surface area contributed by atoms with Crippen LogP contribution in [0.25, 0.3) is 11.3 Å². The zero-order valence-electron chi connectivity index (χ0n) is 28.4. The molecule has 6 rings (SSSR count). The Bertz CT molecular complexity index is 1670. The van der Waals surface area contributed by atoms with E-state index in [4.69, 9.17) is 19.4 Å². The van der Waals surface area contributed by atoms with Gasteiger partial charge in [-0.2, -0.15) is 4.98 Å². The molecule has 2 aliphatic rings. The Morgan fingerprint density at radius 2 is 1.30 bits per heavy atom. The van der Waals surface area contributed by atoms with E-state index in [0.717, 1.165) is 106 Å². The van der Waals surface area contributed by atoms with Crippen molar-refractivity contribution >= 4 is 17.6 Å². The van der Waals surface area contributed by atoms with Crippen molar-refractivity contribution in [1.29, 1.82) is 0 Å². The van der Waals surface area contributed by atoms with Crippen molar-refractivity contribution in [2.45, 2.75) is 84.7 Å². The molecule has 0 saturated carbocycles. The van der Waals surface area contributed by atoms with Crippen LogP contribution in [0.3, 0.4) is 0 Å². The first-order valence-corrected chi connectivity index (χ1v) is 17.7. The largest absolute Gasteiger partial charge is 0.440 e. The van der Waals surface area contributed by atoms with Crippen molar-refractivity contribution in [1.82, 2.24) is 9.97 Å². The third-order valence-corrected chi connectivity index (χ3v) is 9.36. The van der Waals surface area contributed by atoms with E-state index in [1.54, 1.807) is 0 Å². The number of carbonyl (C=O) groups is 1. The Labute approximate surface area is 280 Å². The molecule has 3 heterocycles. The van der Waals surface area contributed by atoms with Gasteiger partial charge in [-0.1, -0.05) is 102 Å². The summed E-state index contributed by atoms with van der Waals surface area (Å²) in [5.74, 6) is 1.39. The van der Waals surface area contributed by atoms with Crippen LogP contribution in [0.5, 0.6) is 11.6 Å². The second-order valence-corrected chi connectivity index (χ2v) is 12.7. The van der Waals surface area contributed by atoms with Crippen molar-refractivity contribution in [2.75, 3.05) is 36.0 Å². The number of fused-ring (bicyclic) bond motifs is 6. The molecule has 1 unspecified atom stereocenters. The summed E-state index contributed by atoms with van der Waals surface area (Å²) in [6, 6.07) is 24.2. The fourth-order valence-corrected chi connectivity index (χ4v) is 6.77. The van der Waals surface area contributed by atoms with Gasteiger partial charge in [0.2, 0.25) is 11.8 Å². The Hall–Kier alpha value is -4.39. The van der Waals surface area contributed by atoms with E-state index in [0.29, 0.717) is 28.7 Å². The zero-order chi connectivity index (χ0) is 32.8. The van der Waals surface area contributed by atoms with Gasteiger partial charge in [0.05, 0.1) is 16.8 Å². The molecule has 7 heteroatoms. The van der Waals surface area contributed by atoms with Gasteiger partial charge in [-0.05, 0) is 43.9 Å². The maximum Gasteiger partial charge on any atom is 0.340 e. The average molecular weight is 633 g/mol. The molecule has 0 N–H and O–H groups in total. The van der Waals surface area contributed by atoms with Gasteiger partial charge in [-0.15, -0.1) is 0 Å². The van der Waals surface area contributed by atoms with Gasteiger partial charge in [0.25, 0.3) is 0 Å². The van der Waals surface area contributed by atoms with Crippen LogP contribution in [-0.4, -0.2) is 42.1 Å². The van der Waals surface area contributed by atoms with Crippen molar-refractivity contribution in [3.05, 3.63) is 95.1 Å². The molecule has 1 spiro atoms. The van der Waals surface area contributed by atoms with Gasteiger partial charge in [0.1, 0.15) is 5.75 Å². The molecule has 0 aliphatic carbocycles. The Morgan fingerprint density at radius 1 is 0.681 bits per heavy atom. The van der Waals surface area contributed by atoms with E-state index in [1.807, 2.05) is 42.5 Å². The van der Waals surface area contributed by atoms with Crippen LogP contribution in [0.1, 0.15) is 106 Å². The van der Waals surface area contributed by atoms with E-state index >= 15 is 0 Å². The summed E-state index contributed by atoms with van der Waals surface area (Å²) in [4.78, 5) is 28.9. The molecule has 4 aromatic rings. The second-order valence-electron chi connectivity index (χ2n) is 12.7. The molecule has 1 aromatic heterocycles. The molecule has 47 heavy (non-hydrogen) atoms. The maximum atomic E-state index is 13.7. The first-order chi connectivity index (χ1) is 23.0. The minimum Gasteiger partial charge on any atom is -0.440 e. The smallest absolute Gasteiger partial charge is 0.340 e. The summed E-state index contributed by atoms with van der Waals surface area (Å²) < 4.78 is 13.5. The monoisotopic (exact) mass is 632 g/mol. The lowest BCUT2D eigenvalue weighted by Gasteiger charge is -2.38. The second kappa shape index (κ2) is 14.6. The number of aromatic nitrogens is 2. The van der Waals surface area contributed by atoms with E-state index in [2.05, 4.69) is 67.8 Å². The maximum absolute atomic E-state index is 13.7. The molecule has 0 amide bonds. The topological polar surface area (TPSA) is 67.8 Å². The summed E-state index contributed by atoms with van der Waals surface area (Å²) in [6.07, 6.45) is 8.71. The molecule has 2 aliphatic heterocycles. The molecule has 0 radical (unpaired) electrons. The molecular weight excluding hydrogens is 584 g/mol. The van der Waals surface area contributed by atoms with Crippen LogP contribution in [0.15, 0.2) is 72.8 Å². The number of esters is 1. The number of unbranched alkanes of at least 4 members (excludes halogenated alkanes) is 4. The van der Waals surface area contributed by atoms with Crippen LogP contribution < -0.4 is 14.5 Å². The number of ether oxygens (including phenoxy) is 2. The Morgan fingerprint density at radius 3 is 1.96 bits per heavy atom. The quantitative estimate of drug-likeness (QED) is 0.121. The lowest BCUT2D eigenvalue weighted by Crippen LogP contribution is -2.36. The van der Waals surface area contributed by atoms with E-state index in [9.17, 15) is 4.79 Å². The first kappa shape index (κ1) is 32.5. The average Bonchev–Trinajstić information content (AvgIpc) is 3.40. The standard InChI is InChI=1S/C40H48N4O3/c1-5-9-24-43(25-10-6-2)30-22-23-33-34(28-30)46-37-35(40(33)32-21-17-16-20-31(32)38(45)47-40)36(29-18-14-13-15-19-29)41-39(42-37)44(26-11-7-3)27-12-8-4/h13-23,28H,5-12,24-27H2,1-4H3. The van der Waals surface area contributed by atoms with Crippen LogP contribution in [0.2, 0.25) is 0 Å². The molecule has 0 saturated heterocycles. The number of hydrogen-bond donors (Lipinski definition) is 0. The number of benzene rings is 3. The van der Waals surface area contributed by atoms with Gasteiger partial charge in [0.15, 0.2) is 5.60 Å².